The molecule has 2 aliphatic rings. The molecule has 4 heteroatoms. The minimum atomic E-state index is 0.236. The molecule has 2 saturated carbocycles. The Hall–Kier alpha value is -4.62. The second-order valence-corrected chi connectivity index (χ2v) is 13.0. The van der Waals surface area contributed by atoms with E-state index in [9.17, 15) is 5.26 Å². The maximum atomic E-state index is 10.2. The summed E-state index contributed by atoms with van der Waals surface area (Å²) >= 11 is 0. The number of benzene rings is 4. The lowest BCUT2D eigenvalue weighted by Gasteiger charge is -2.47. The lowest BCUT2D eigenvalue weighted by atomic mass is 9.57. The van der Waals surface area contributed by atoms with Crippen LogP contribution in [0.25, 0.3) is 45.3 Å². The first-order valence-electron chi connectivity index (χ1n) is 15.5. The lowest BCUT2D eigenvalue weighted by molar-refractivity contribution is 0.0899. The largest absolute Gasteiger partial charge is 0.208 e. The van der Waals surface area contributed by atoms with E-state index >= 15 is 0 Å². The highest BCUT2D eigenvalue weighted by molar-refractivity contribution is 5.76. The minimum Gasteiger partial charge on any atom is -0.208 e. The number of nitriles is 1. The van der Waals surface area contributed by atoms with Crippen LogP contribution in [0, 0.1) is 29.1 Å². The molecule has 4 nitrogen and oxygen atoms in total. The molecule has 0 spiro atoms. The third-order valence-corrected chi connectivity index (χ3v) is 9.61. The fourth-order valence-electron chi connectivity index (χ4n) is 7.84. The van der Waals surface area contributed by atoms with Gasteiger partial charge in [-0.25, -0.2) is 15.0 Å². The van der Waals surface area contributed by atoms with Crippen molar-refractivity contribution in [2.24, 2.45) is 17.8 Å². The van der Waals surface area contributed by atoms with Crippen molar-refractivity contribution in [2.75, 3.05) is 0 Å². The first-order valence-corrected chi connectivity index (χ1v) is 15.5. The molecule has 0 N–H and O–H groups in total. The summed E-state index contributed by atoms with van der Waals surface area (Å²) in [5.74, 6) is 4.34. The summed E-state index contributed by atoms with van der Waals surface area (Å²) in [6, 6.07) is 37.3. The highest BCUT2D eigenvalue weighted by atomic mass is 15.0. The molecule has 0 aliphatic heterocycles. The van der Waals surface area contributed by atoms with Crippen molar-refractivity contribution in [3.63, 3.8) is 0 Å². The second kappa shape index (κ2) is 11.2. The van der Waals surface area contributed by atoms with Gasteiger partial charge in [-0.15, -0.1) is 0 Å². The van der Waals surface area contributed by atoms with Crippen LogP contribution in [0.5, 0.6) is 0 Å². The number of rotatable bonds is 5. The van der Waals surface area contributed by atoms with E-state index in [1.54, 1.807) is 0 Å². The maximum Gasteiger partial charge on any atom is 0.164 e. The Labute approximate surface area is 254 Å². The summed E-state index contributed by atoms with van der Waals surface area (Å²) in [5, 5.41) is 10.2. The number of hydrogen-bond acceptors (Lipinski definition) is 4. The summed E-state index contributed by atoms with van der Waals surface area (Å²) in [6.45, 7) is 4.90. The smallest absolute Gasteiger partial charge is 0.164 e. The normalized spacial score (nSPS) is 23.0. The van der Waals surface area contributed by atoms with Crippen LogP contribution in [0.3, 0.4) is 0 Å². The van der Waals surface area contributed by atoms with Gasteiger partial charge in [-0.3, -0.25) is 0 Å². The zero-order valence-corrected chi connectivity index (χ0v) is 24.9. The third-order valence-electron chi connectivity index (χ3n) is 9.61. The summed E-state index contributed by atoms with van der Waals surface area (Å²) in [7, 11) is 0. The van der Waals surface area contributed by atoms with Crippen LogP contribution >= 0.6 is 0 Å². The third kappa shape index (κ3) is 5.48. The van der Waals surface area contributed by atoms with Crippen LogP contribution in [0.4, 0.5) is 0 Å². The quantitative estimate of drug-likeness (QED) is 0.215. The van der Waals surface area contributed by atoms with Crippen LogP contribution in [-0.2, 0) is 5.41 Å². The van der Waals surface area contributed by atoms with Gasteiger partial charge in [0.25, 0.3) is 0 Å². The predicted octanol–water partition coefficient (Wildman–Crippen LogP) is 9.52. The topological polar surface area (TPSA) is 62.5 Å². The van der Waals surface area contributed by atoms with Crippen molar-refractivity contribution in [1.29, 1.82) is 5.26 Å². The van der Waals surface area contributed by atoms with E-state index in [1.165, 1.54) is 37.7 Å². The van der Waals surface area contributed by atoms with Crippen molar-refractivity contribution < 1.29 is 0 Å². The van der Waals surface area contributed by atoms with E-state index in [4.69, 9.17) is 15.0 Å². The van der Waals surface area contributed by atoms with Gasteiger partial charge in [0.15, 0.2) is 17.5 Å². The summed E-state index contributed by atoms with van der Waals surface area (Å²) in [5.41, 5.74) is 6.91. The molecule has 4 aromatic carbocycles. The van der Waals surface area contributed by atoms with Crippen LogP contribution in [-0.4, -0.2) is 15.0 Å². The molecular weight excluding hydrogens is 524 g/mol. The molecule has 2 bridgehead atoms. The number of aromatic nitrogens is 3. The van der Waals surface area contributed by atoms with E-state index < -0.39 is 0 Å². The Morgan fingerprint density at radius 3 is 1.67 bits per heavy atom. The zero-order chi connectivity index (χ0) is 29.4. The predicted molar refractivity (Wildman–Crippen MR) is 173 cm³/mol. The average molecular weight is 561 g/mol. The van der Waals surface area contributed by atoms with E-state index in [2.05, 4.69) is 44.2 Å². The standard InChI is InChI=1S/C39H36N4/c1-26-19-27-21-28(20-26)24-39(2,23-27)34-16-13-29(14-17-34)35-18-15-32(22-33(35)25-40)38-42-36(30-9-5-3-6-10-30)41-37(43-38)31-11-7-4-8-12-31/h3-18,22,26-28H,19-21,23-24H2,1-2H3/t26-,27+,28-,39?. The van der Waals surface area contributed by atoms with Gasteiger partial charge >= 0.3 is 0 Å². The van der Waals surface area contributed by atoms with Gasteiger partial charge in [0.05, 0.1) is 11.6 Å². The molecule has 43 heavy (non-hydrogen) atoms. The Morgan fingerprint density at radius 2 is 1.14 bits per heavy atom. The van der Waals surface area contributed by atoms with Crippen LogP contribution in [0.1, 0.15) is 57.1 Å². The molecular formula is C39H36N4. The number of hydrogen-bond donors (Lipinski definition) is 0. The molecule has 5 aromatic rings. The average Bonchev–Trinajstić information content (AvgIpc) is 3.04. The van der Waals surface area contributed by atoms with Gasteiger partial charge in [0, 0.05) is 16.7 Å². The SMILES string of the molecule is C[C@H]1C[C@@H]2C[C@H](C1)CC(C)(c1ccc(-c3ccc(-c4nc(-c5ccccc5)nc(-c5ccccc5)n4)cc3C#N)cc1)C2. The summed E-state index contributed by atoms with van der Waals surface area (Å²) in [6.07, 6.45) is 6.74. The van der Waals surface area contributed by atoms with Crippen molar-refractivity contribution in [1.82, 2.24) is 15.0 Å². The molecule has 1 aromatic heterocycles. The van der Waals surface area contributed by atoms with Crippen LogP contribution in [0.2, 0.25) is 0 Å². The Kier molecular flexibility index (Phi) is 7.11. The van der Waals surface area contributed by atoms with Crippen molar-refractivity contribution in [2.45, 2.75) is 51.4 Å². The van der Waals surface area contributed by atoms with Crippen LogP contribution in [0.15, 0.2) is 103 Å². The molecule has 0 saturated heterocycles. The molecule has 1 unspecified atom stereocenters. The van der Waals surface area contributed by atoms with Crippen LogP contribution < -0.4 is 0 Å². The molecule has 212 valence electrons. The fraction of sp³-hybridized carbons (Fsp3) is 0.282. The van der Waals surface area contributed by atoms with Gasteiger partial charge in [-0.05, 0) is 78.0 Å². The van der Waals surface area contributed by atoms with Gasteiger partial charge in [0.2, 0.25) is 0 Å². The van der Waals surface area contributed by atoms with Crippen molar-refractivity contribution in [3.8, 4) is 51.4 Å². The van der Waals surface area contributed by atoms with Crippen molar-refractivity contribution >= 4 is 0 Å². The van der Waals surface area contributed by atoms with E-state index in [0.717, 1.165) is 45.6 Å². The molecule has 2 fully saturated rings. The molecule has 2 aliphatic carbocycles. The first kappa shape index (κ1) is 27.2. The summed E-state index contributed by atoms with van der Waals surface area (Å²) < 4.78 is 0. The highest BCUT2D eigenvalue weighted by Gasteiger charge is 2.41. The van der Waals surface area contributed by atoms with Gasteiger partial charge in [-0.2, -0.15) is 5.26 Å². The monoisotopic (exact) mass is 560 g/mol. The van der Waals surface area contributed by atoms with Gasteiger partial charge in [-0.1, -0.05) is 111 Å². The Morgan fingerprint density at radius 1 is 0.628 bits per heavy atom. The van der Waals surface area contributed by atoms with Gasteiger partial charge < -0.3 is 0 Å². The molecule has 0 radical (unpaired) electrons. The summed E-state index contributed by atoms with van der Waals surface area (Å²) in [4.78, 5) is 14.5. The first-order chi connectivity index (χ1) is 21.0. The molecule has 0 amide bonds. The zero-order valence-electron chi connectivity index (χ0n) is 24.9. The highest BCUT2D eigenvalue weighted by Crippen LogP contribution is 2.51. The minimum absolute atomic E-state index is 0.236. The van der Waals surface area contributed by atoms with E-state index in [1.807, 2.05) is 78.9 Å². The molecule has 4 atom stereocenters. The molecule has 7 rings (SSSR count). The van der Waals surface area contributed by atoms with E-state index in [-0.39, 0.29) is 5.41 Å². The Balaban J connectivity index is 1.22. The lowest BCUT2D eigenvalue weighted by Crippen LogP contribution is -2.38. The second-order valence-electron chi connectivity index (χ2n) is 13.0. The maximum absolute atomic E-state index is 10.2. The number of nitrogens with zero attached hydrogens (tertiary/aromatic N) is 4. The van der Waals surface area contributed by atoms with Crippen molar-refractivity contribution in [3.05, 3.63) is 114 Å². The van der Waals surface area contributed by atoms with Gasteiger partial charge in [0.1, 0.15) is 0 Å². The number of fused-ring (bicyclic) bond motifs is 2. The molecule has 1 heterocycles. The fourth-order valence-corrected chi connectivity index (χ4v) is 7.84. The Bertz CT molecular complexity index is 1710. The van der Waals surface area contributed by atoms with E-state index in [0.29, 0.717) is 23.0 Å².